The van der Waals surface area contributed by atoms with Gasteiger partial charge in [-0.2, -0.15) is 0 Å². The summed E-state index contributed by atoms with van der Waals surface area (Å²) < 4.78 is 20.3. The number of carbonyl (C=O) groups excluding carboxylic acids is 2. The van der Waals surface area contributed by atoms with Crippen molar-refractivity contribution in [1.82, 2.24) is 15.2 Å². The molecule has 0 fully saturated rings. The predicted octanol–water partition coefficient (Wildman–Crippen LogP) is 5.19. The highest BCUT2D eigenvalue weighted by Gasteiger charge is 2.42. The molecule has 2 aliphatic rings. The first kappa shape index (κ1) is 24.8. The minimum absolute atomic E-state index is 0.0695. The van der Waals surface area contributed by atoms with Gasteiger partial charge in [-0.1, -0.05) is 48.2 Å². The van der Waals surface area contributed by atoms with Gasteiger partial charge in [-0.05, 0) is 43.4 Å². The number of para-hydroxylation sites is 1. The molecule has 2 N–H and O–H groups in total. The molecule has 2 aliphatic heterocycles. The van der Waals surface area contributed by atoms with Crippen LogP contribution in [0.4, 0.5) is 4.39 Å². The lowest BCUT2D eigenvalue weighted by Gasteiger charge is -2.36. The number of ether oxygens (including phenoxy) is 1. The Labute approximate surface area is 218 Å². The van der Waals surface area contributed by atoms with E-state index in [0.717, 1.165) is 16.5 Å². The van der Waals surface area contributed by atoms with E-state index in [1.807, 2.05) is 29.8 Å². The molecule has 0 saturated heterocycles. The standard InChI is InChI=1S/C28H27FN4O3S/c1-3-36-27(35)25-17(2)32-28-33(26(25)21-9-4-6-10-22(21)29)19(16-37-28)14-24(34)30-13-12-18-15-31-23-11-7-5-8-20(18)23/h4-11,15-16,26,31H,3,12-14H2,1-2H3,(H,30,34)/t26-/m0/s1. The number of hydrogen-bond donors (Lipinski definition) is 2. The zero-order valence-electron chi connectivity index (χ0n) is 20.6. The fourth-order valence-corrected chi connectivity index (χ4v) is 5.70. The summed E-state index contributed by atoms with van der Waals surface area (Å²) in [6.45, 7) is 4.11. The number of esters is 1. The van der Waals surface area contributed by atoms with Gasteiger partial charge >= 0.3 is 5.97 Å². The normalized spacial score (nSPS) is 16.9. The lowest BCUT2D eigenvalue weighted by molar-refractivity contribution is -0.139. The first-order valence-electron chi connectivity index (χ1n) is 12.2. The summed E-state index contributed by atoms with van der Waals surface area (Å²) in [5.74, 6) is -1.15. The lowest BCUT2D eigenvalue weighted by Crippen LogP contribution is -2.38. The van der Waals surface area contributed by atoms with Gasteiger partial charge < -0.3 is 19.9 Å². The maximum absolute atomic E-state index is 15.0. The molecule has 37 heavy (non-hydrogen) atoms. The Bertz CT molecular complexity index is 1460. The molecule has 3 aromatic rings. The second-order valence-corrected chi connectivity index (χ2v) is 9.61. The molecule has 9 heteroatoms. The van der Waals surface area contributed by atoms with Crippen LogP contribution in [-0.4, -0.2) is 40.1 Å². The van der Waals surface area contributed by atoms with Crippen molar-refractivity contribution in [1.29, 1.82) is 0 Å². The number of fused-ring (bicyclic) bond motifs is 2. The quantitative estimate of drug-likeness (QED) is 0.401. The number of halogens is 1. The van der Waals surface area contributed by atoms with E-state index in [0.29, 0.717) is 35.1 Å². The van der Waals surface area contributed by atoms with Crippen LogP contribution in [-0.2, 0) is 20.7 Å². The fraction of sp³-hybridized carbons (Fsp3) is 0.250. The van der Waals surface area contributed by atoms with Crippen LogP contribution in [0, 0.1) is 5.82 Å². The van der Waals surface area contributed by atoms with Crippen LogP contribution in [0.1, 0.15) is 37.4 Å². The van der Waals surface area contributed by atoms with Crippen molar-refractivity contribution in [3.8, 4) is 0 Å². The number of rotatable bonds is 8. The number of aliphatic imine (C=N–C) groups is 1. The molecule has 0 saturated carbocycles. The molecular weight excluding hydrogens is 491 g/mol. The van der Waals surface area contributed by atoms with Crippen molar-refractivity contribution < 1.29 is 18.7 Å². The predicted molar refractivity (Wildman–Crippen MR) is 143 cm³/mol. The van der Waals surface area contributed by atoms with Crippen molar-refractivity contribution in [2.75, 3.05) is 13.2 Å². The number of nitrogens with zero attached hydrogens (tertiary/aromatic N) is 2. The smallest absolute Gasteiger partial charge is 0.338 e. The van der Waals surface area contributed by atoms with E-state index >= 15 is 4.39 Å². The number of amidine groups is 1. The second kappa shape index (κ2) is 10.6. The minimum Gasteiger partial charge on any atom is -0.463 e. The Morgan fingerprint density at radius 1 is 1.19 bits per heavy atom. The molecule has 0 spiro atoms. The van der Waals surface area contributed by atoms with E-state index in [1.165, 1.54) is 17.8 Å². The van der Waals surface area contributed by atoms with Crippen LogP contribution in [0.2, 0.25) is 0 Å². The first-order chi connectivity index (χ1) is 18.0. The molecule has 0 bridgehead atoms. The Hall–Kier alpha value is -3.85. The number of thioether (sulfide) groups is 1. The minimum atomic E-state index is -0.784. The monoisotopic (exact) mass is 518 g/mol. The fourth-order valence-electron chi connectivity index (χ4n) is 4.73. The molecule has 5 rings (SSSR count). The van der Waals surface area contributed by atoms with Gasteiger partial charge in [0.25, 0.3) is 0 Å². The number of nitrogens with one attached hydrogen (secondary N) is 2. The maximum Gasteiger partial charge on any atom is 0.338 e. The molecule has 7 nitrogen and oxygen atoms in total. The summed E-state index contributed by atoms with van der Waals surface area (Å²) in [6, 6.07) is 13.6. The number of hydrogen-bond acceptors (Lipinski definition) is 6. The number of H-pyrrole nitrogens is 1. The van der Waals surface area contributed by atoms with Crippen LogP contribution < -0.4 is 5.32 Å². The number of aromatic nitrogens is 1. The zero-order chi connectivity index (χ0) is 25.9. The number of carbonyl (C=O) groups is 2. The van der Waals surface area contributed by atoms with Gasteiger partial charge in [0, 0.05) is 34.9 Å². The van der Waals surface area contributed by atoms with Gasteiger partial charge in [0.2, 0.25) is 5.91 Å². The number of aromatic amines is 1. The Balaban J connectivity index is 1.34. The van der Waals surface area contributed by atoms with Crippen molar-refractivity contribution >= 4 is 39.7 Å². The molecule has 190 valence electrons. The van der Waals surface area contributed by atoms with Gasteiger partial charge in [-0.25, -0.2) is 14.2 Å². The summed E-state index contributed by atoms with van der Waals surface area (Å²) >= 11 is 1.36. The molecule has 2 aromatic carbocycles. The summed E-state index contributed by atoms with van der Waals surface area (Å²) in [4.78, 5) is 35.5. The van der Waals surface area contributed by atoms with Gasteiger partial charge in [-0.3, -0.25) is 4.79 Å². The van der Waals surface area contributed by atoms with Gasteiger partial charge in [0.15, 0.2) is 5.17 Å². The van der Waals surface area contributed by atoms with Crippen molar-refractivity contribution in [2.24, 2.45) is 4.99 Å². The van der Waals surface area contributed by atoms with Crippen molar-refractivity contribution in [3.63, 3.8) is 0 Å². The van der Waals surface area contributed by atoms with Crippen molar-refractivity contribution in [2.45, 2.75) is 32.7 Å². The van der Waals surface area contributed by atoms with Crippen LogP contribution >= 0.6 is 11.8 Å². The van der Waals surface area contributed by atoms with Crippen molar-refractivity contribution in [3.05, 3.63) is 94.0 Å². The highest BCUT2D eigenvalue weighted by Crippen LogP contribution is 2.45. The van der Waals surface area contributed by atoms with E-state index in [-0.39, 0.29) is 24.5 Å². The van der Waals surface area contributed by atoms with E-state index in [9.17, 15) is 9.59 Å². The molecule has 0 unspecified atom stereocenters. The molecule has 0 radical (unpaired) electrons. The Kier molecular flexibility index (Phi) is 7.14. The highest BCUT2D eigenvalue weighted by molar-refractivity contribution is 8.16. The van der Waals surface area contributed by atoms with Gasteiger partial charge in [-0.15, -0.1) is 0 Å². The summed E-state index contributed by atoms with van der Waals surface area (Å²) in [7, 11) is 0. The van der Waals surface area contributed by atoms with Gasteiger partial charge in [0.1, 0.15) is 5.82 Å². The zero-order valence-corrected chi connectivity index (χ0v) is 21.4. The molecule has 1 amide bonds. The average molecular weight is 519 g/mol. The molecule has 1 atom stereocenters. The third kappa shape index (κ3) is 4.91. The van der Waals surface area contributed by atoms with E-state index in [1.54, 1.807) is 36.9 Å². The first-order valence-corrected chi connectivity index (χ1v) is 13.0. The summed E-state index contributed by atoms with van der Waals surface area (Å²) in [6.07, 6.45) is 2.72. The van der Waals surface area contributed by atoms with E-state index in [4.69, 9.17) is 4.74 Å². The van der Waals surface area contributed by atoms with Crippen LogP contribution in [0.25, 0.3) is 10.9 Å². The van der Waals surface area contributed by atoms with Crippen LogP contribution in [0.5, 0.6) is 0 Å². The van der Waals surface area contributed by atoms with Gasteiger partial charge in [0.05, 0.1) is 30.3 Å². The number of amides is 1. The lowest BCUT2D eigenvalue weighted by atomic mass is 9.93. The third-order valence-corrected chi connectivity index (χ3v) is 7.32. The topological polar surface area (TPSA) is 86.8 Å². The number of allylic oxidation sites excluding steroid dienone is 1. The largest absolute Gasteiger partial charge is 0.463 e. The highest BCUT2D eigenvalue weighted by atomic mass is 32.2. The van der Waals surface area contributed by atoms with E-state index < -0.39 is 17.8 Å². The Morgan fingerprint density at radius 2 is 1.97 bits per heavy atom. The molecular formula is C28H27FN4O3S. The number of benzene rings is 2. The molecule has 3 heterocycles. The Morgan fingerprint density at radius 3 is 2.78 bits per heavy atom. The second-order valence-electron chi connectivity index (χ2n) is 8.77. The summed E-state index contributed by atoms with van der Waals surface area (Å²) in [5.41, 5.74) is 3.92. The molecule has 1 aromatic heterocycles. The van der Waals surface area contributed by atoms with E-state index in [2.05, 4.69) is 21.4 Å². The third-order valence-electron chi connectivity index (χ3n) is 6.43. The SMILES string of the molecule is CCOC(=O)C1=C(C)N=C2SC=C(CC(=O)NCCc3c[nH]c4ccccc34)N2[C@H]1c1ccccc1F. The summed E-state index contributed by atoms with van der Waals surface area (Å²) in [5, 5.41) is 6.57. The van der Waals surface area contributed by atoms with Crippen LogP contribution in [0.15, 0.2) is 82.1 Å². The maximum atomic E-state index is 15.0. The average Bonchev–Trinajstić information content (AvgIpc) is 3.48. The molecule has 0 aliphatic carbocycles. The van der Waals surface area contributed by atoms with Crippen LogP contribution in [0.3, 0.4) is 0 Å².